The second kappa shape index (κ2) is 6.13. The molecule has 3 N–H and O–H groups in total. The van der Waals surface area contributed by atoms with Crippen molar-refractivity contribution in [3.63, 3.8) is 0 Å². The number of sulfonamides is 1. The van der Waals surface area contributed by atoms with Crippen molar-refractivity contribution in [1.82, 2.24) is 4.90 Å². The Kier molecular flexibility index (Phi) is 4.54. The van der Waals surface area contributed by atoms with Crippen molar-refractivity contribution < 1.29 is 31.9 Å². The van der Waals surface area contributed by atoms with Crippen LogP contribution in [0.2, 0.25) is 0 Å². The molecule has 0 saturated carbocycles. The van der Waals surface area contributed by atoms with E-state index in [4.69, 9.17) is 19.1 Å². The van der Waals surface area contributed by atoms with Crippen molar-refractivity contribution >= 4 is 21.9 Å². The Labute approximate surface area is 137 Å². The fraction of sp³-hybridized carbons (Fsp3) is 0.286. The molecule has 0 aromatic carbocycles. The molecule has 0 spiro atoms. The average Bonchev–Trinajstić information content (AvgIpc) is 3.00. The monoisotopic (exact) mass is 356 g/mol. The van der Waals surface area contributed by atoms with Crippen molar-refractivity contribution in [3.8, 4) is 0 Å². The smallest absolute Gasteiger partial charge is 0.339 e. The zero-order valence-corrected chi connectivity index (χ0v) is 14.0. The number of nitrogens with zero attached hydrogens (tertiary/aromatic N) is 1. The molecule has 2 aromatic heterocycles. The molecule has 24 heavy (non-hydrogen) atoms. The summed E-state index contributed by atoms with van der Waals surface area (Å²) in [4.78, 5) is 24.2. The van der Waals surface area contributed by atoms with Gasteiger partial charge in [-0.25, -0.2) is 18.4 Å². The number of aryl methyl sites for hydroxylation is 2. The first-order valence-electron chi connectivity index (χ1n) is 6.72. The zero-order valence-electron chi connectivity index (χ0n) is 13.2. The van der Waals surface area contributed by atoms with Crippen LogP contribution in [0.3, 0.4) is 0 Å². The van der Waals surface area contributed by atoms with E-state index in [1.165, 1.54) is 31.9 Å². The van der Waals surface area contributed by atoms with Gasteiger partial charge in [0.15, 0.2) is 5.76 Å². The molecule has 0 fully saturated rings. The van der Waals surface area contributed by atoms with Crippen molar-refractivity contribution in [2.45, 2.75) is 25.3 Å². The third kappa shape index (κ3) is 3.49. The lowest BCUT2D eigenvalue weighted by Gasteiger charge is -2.13. The van der Waals surface area contributed by atoms with Gasteiger partial charge in [-0.2, -0.15) is 0 Å². The first kappa shape index (κ1) is 17.8. The van der Waals surface area contributed by atoms with Crippen LogP contribution in [-0.2, 0) is 16.6 Å². The van der Waals surface area contributed by atoms with Gasteiger partial charge in [-0.3, -0.25) is 4.79 Å². The maximum Gasteiger partial charge on any atom is 0.339 e. The van der Waals surface area contributed by atoms with Gasteiger partial charge in [0.25, 0.3) is 5.91 Å². The van der Waals surface area contributed by atoms with E-state index >= 15 is 0 Å². The van der Waals surface area contributed by atoms with E-state index < -0.39 is 21.9 Å². The molecule has 10 heteroatoms. The van der Waals surface area contributed by atoms with Gasteiger partial charge in [-0.15, -0.1) is 0 Å². The molecule has 0 atom stereocenters. The minimum absolute atomic E-state index is 0.0104. The lowest BCUT2D eigenvalue weighted by Crippen LogP contribution is -2.25. The minimum Gasteiger partial charge on any atom is -0.478 e. The van der Waals surface area contributed by atoms with Gasteiger partial charge in [0, 0.05) is 13.1 Å². The second-order valence-corrected chi connectivity index (χ2v) is 6.75. The maximum atomic E-state index is 12.3. The lowest BCUT2D eigenvalue weighted by atomic mass is 10.2. The standard InChI is InChI=1S/C14H16N2O7S/c1-7-10(14(18)19)4-9(22-7)6-16(3)13(17)11-5-12(8(2)23-11)24(15,20)21/h4-5H,6H2,1-3H3,(H,18,19)(H2,15,20,21). The summed E-state index contributed by atoms with van der Waals surface area (Å²) in [5, 5.41) is 14.0. The number of carboxylic acid groups (broad SMARTS) is 1. The quantitative estimate of drug-likeness (QED) is 0.816. The number of carbonyl (C=O) groups is 2. The summed E-state index contributed by atoms with van der Waals surface area (Å²) in [5.74, 6) is -1.41. The molecule has 0 aliphatic rings. The van der Waals surface area contributed by atoms with Gasteiger partial charge in [0.05, 0.1) is 6.54 Å². The number of rotatable bonds is 5. The Morgan fingerprint density at radius 1 is 1.21 bits per heavy atom. The molecule has 0 saturated heterocycles. The highest BCUT2D eigenvalue weighted by Gasteiger charge is 2.24. The summed E-state index contributed by atoms with van der Waals surface area (Å²) in [7, 11) is -2.55. The molecule has 0 radical (unpaired) electrons. The Balaban J connectivity index is 2.21. The molecular formula is C14H16N2O7S. The predicted molar refractivity (Wildman–Crippen MR) is 81.0 cm³/mol. The molecule has 2 aromatic rings. The Morgan fingerprint density at radius 2 is 1.83 bits per heavy atom. The van der Waals surface area contributed by atoms with E-state index in [-0.39, 0.29) is 40.0 Å². The minimum atomic E-state index is -3.99. The molecule has 9 nitrogen and oxygen atoms in total. The van der Waals surface area contributed by atoms with Crippen LogP contribution in [0, 0.1) is 13.8 Å². The SMILES string of the molecule is Cc1oc(CN(C)C(=O)c2cc(S(N)(=O)=O)c(C)o2)cc1C(=O)O. The summed E-state index contributed by atoms with van der Waals surface area (Å²) < 4.78 is 33.2. The number of amides is 1. The van der Waals surface area contributed by atoms with Crippen LogP contribution in [0.25, 0.3) is 0 Å². The average molecular weight is 356 g/mol. The Hall–Kier alpha value is -2.59. The Bertz CT molecular complexity index is 908. The molecule has 1 amide bonds. The van der Waals surface area contributed by atoms with Crippen LogP contribution in [0.1, 0.15) is 38.2 Å². The predicted octanol–water partition coefficient (Wildman–Crippen LogP) is 1.11. The largest absolute Gasteiger partial charge is 0.478 e. The number of primary sulfonamides is 1. The lowest BCUT2D eigenvalue weighted by molar-refractivity contribution is 0.0693. The normalized spacial score (nSPS) is 11.5. The van der Waals surface area contributed by atoms with Gasteiger partial charge in [0.2, 0.25) is 10.0 Å². The Morgan fingerprint density at radius 3 is 2.29 bits per heavy atom. The molecule has 0 bridgehead atoms. The van der Waals surface area contributed by atoms with E-state index in [2.05, 4.69) is 0 Å². The number of nitrogens with two attached hydrogens (primary N) is 1. The summed E-state index contributed by atoms with van der Waals surface area (Å²) in [6.07, 6.45) is 0. The second-order valence-electron chi connectivity index (χ2n) is 5.23. The summed E-state index contributed by atoms with van der Waals surface area (Å²) in [6.45, 7) is 2.87. The first-order valence-corrected chi connectivity index (χ1v) is 8.26. The number of carbonyl (C=O) groups excluding carboxylic acids is 1. The summed E-state index contributed by atoms with van der Waals surface area (Å²) in [5.41, 5.74) is 0.0104. The van der Waals surface area contributed by atoms with Crippen molar-refractivity contribution in [2.24, 2.45) is 5.14 Å². The zero-order chi connectivity index (χ0) is 18.2. The van der Waals surface area contributed by atoms with E-state index in [1.54, 1.807) is 0 Å². The summed E-state index contributed by atoms with van der Waals surface area (Å²) >= 11 is 0. The highest BCUT2D eigenvalue weighted by Crippen LogP contribution is 2.21. The molecule has 0 aliphatic carbocycles. The molecule has 0 unspecified atom stereocenters. The molecular weight excluding hydrogens is 340 g/mol. The third-order valence-electron chi connectivity index (χ3n) is 3.33. The van der Waals surface area contributed by atoms with E-state index in [0.29, 0.717) is 0 Å². The van der Waals surface area contributed by atoms with Crippen LogP contribution in [0.15, 0.2) is 25.9 Å². The van der Waals surface area contributed by atoms with Crippen LogP contribution in [0.5, 0.6) is 0 Å². The number of aromatic carboxylic acids is 1. The fourth-order valence-corrected chi connectivity index (χ4v) is 2.89. The van der Waals surface area contributed by atoms with Crippen molar-refractivity contribution in [2.75, 3.05) is 7.05 Å². The topological polar surface area (TPSA) is 144 Å². The number of furan rings is 2. The first-order chi connectivity index (χ1) is 11.0. The number of hydrogen-bond acceptors (Lipinski definition) is 6. The van der Waals surface area contributed by atoms with Crippen LogP contribution in [-0.4, -0.2) is 37.3 Å². The molecule has 2 rings (SSSR count). The van der Waals surface area contributed by atoms with E-state index in [9.17, 15) is 18.0 Å². The van der Waals surface area contributed by atoms with Crippen LogP contribution >= 0.6 is 0 Å². The number of hydrogen-bond donors (Lipinski definition) is 2. The molecule has 0 aliphatic heterocycles. The van der Waals surface area contributed by atoms with Crippen LogP contribution < -0.4 is 5.14 Å². The van der Waals surface area contributed by atoms with Crippen molar-refractivity contribution in [3.05, 3.63) is 40.7 Å². The summed E-state index contributed by atoms with van der Waals surface area (Å²) in [6, 6.07) is 2.38. The number of carboxylic acids is 1. The highest BCUT2D eigenvalue weighted by atomic mass is 32.2. The highest BCUT2D eigenvalue weighted by molar-refractivity contribution is 7.89. The molecule has 2 heterocycles. The van der Waals surface area contributed by atoms with E-state index in [0.717, 1.165) is 6.07 Å². The van der Waals surface area contributed by atoms with Crippen LogP contribution in [0.4, 0.5) is 0 Å². The fourth-order valence-electron chi connectivity index (χ4n) is 2.18. The van der Waals surface area contributed by atoms with Gasteiger partial charge < -0.3 is 18.8 Å². The third-order valence-corrected chi connectivity index (χ3v) is 4.35. The van der Waals surface area contributed by atoms with Gasteiger partial charge in [-0.05, 0) is 19.9 Å². The van der Waals surface area contributed by atoms with Gasteiger partial charge in [0.1, 0.15) is 27.7 Å². The van der Waals surface area contributed by atoms with Gasteiger partial charge >= 0.3 is 5.97 Å². The van der Waals surface area contributed by atoms with E-state index in [1.807, 2.05) is 0 Å². The maximum absolute atomic E-state index is 12.3. The molecule has 130 valence electrons. The van der Waals surface area contributed by atoms with Gasteiger partial charge in [-0.1, -0.05) is 0 Å². The van der Waals surface area contributed by atoms with Crippen molar-refractivity contribution in [1.29, 1.82) is 0 Å².